The summed E-state index contributed by atoms with van der Waals surface area (Å²) in [5.74, 6) is -1.19. The highest BCUT2D eigenvalue weighted by atomic mass is 19.4. The van der Waals surface area contributed by atoms with Gasteiger partial charge in [0.1, 0.15) is 5.82 Å². The van der Waals surface area contributed by atoms with Crippen LogP contribution in [0.15, 0.2) is 18.2 Å². The van der Waals surface area contributed by atoms with Crippen molar-refractivity contribution in [2.24, 2.45) is 0 Å². The molecule has 0 aliphatic carbocycles. The van der Waals surface area contributed by atoms with Crippen LogP contribution in [-0.2, 0) is 6.18 Å². The molecule has 1 aromatic heterocycles. The molecule has 0 radical (unpaired) electrons. The minimum absolute atomic E-state index is 0.0327. The van der Waals surface area contributed by atoms with Crippen LogP contribution in [0.1, 0.15) is 21.9 Å². The van der Waals surface area contributed by atoms with E-state index in [-0.39, 0.29) is 22.4 Å². The molecule has 0 amide bonds. The number of hydrogen-bond acceptors (Lipinski definition) is 3. The summed E-state index contributed by atoms with van der Waals surface area (Å²) >= 11 is 0. The summed E-state index contributed by atoms with van der Waals surface area (Å²) in [5.41, 5.74) is -1.20. The van der Waals surface area contributed by atoms with Gasteiger partial charge in [0, 0.05) is 5.39 Å². The molecular formula is C11H7F3N2O2. The molecule has 0 unspecified atom stereocenters. The minimum Gasteiger partial charge on any atom is -0.476 e. The summed E-state index contributed by atoms with van der Waals surface area (Å²) in [4.78, 5) is 18.5. The molecule has 0 saturated heterocycles. The first kappa shape index (κ1) is 12.3. The second-order valence-corrected chi connectivity index (χ2v) is 3.65. The van der Waals surface area contributed by atoms with Gasteiger partial charge >= 0.3 is 12.1 Å². The molecular weight excluding hydrogens is 249 g/mol. The van der Waals surface area contributed by atoms with Gasteiger partial charge in [0.05, 0.1) is 11.1 Å². The van der Waals surface area contributed by atoms with Crippen molar-refractivity contribution in [2.45, 2.75) is 13.1 Å². The first-order chi connectivity index (χ1) is 8.29. The Morgan fingerprint density at radius 2 is 1.94 bits per heavy atom. The maximum atomic E-state index is 12.5. The highest BCUT2D eigenvalue weighted by Crippen LogP contribution is 2.31. The molecule has 2 rings (SSSR count). The zero-order chi connectivity index (χ0) is 13.5. The van der Waals surface area contributed by atoms with Gasteiger partial charge in [-0.3, -0.25) is 0 Å². The first-order valence-corrected chi connectivity index (χ1v) is 4.88. The van der Waals surface area contributed by atoms with Gasteiger partial charge in [0.25, 0.3) is 0 Å². The van der Waals surface area contributed by atoms with Crippen LogP contribution in [0.4, 0.5) is 13.2 Å². The Labute approximate surface area is 99.1 Å². The second kappa shape index (κ2) is 3.94. The van der Waals surface area contributed by atoms with Crippen LogP contribution in [0.2, 0.25) is 0 Å². The Kier molecular flexibility index (Phi) is 2.68. The van der Waals surface area contributed by atoms with Gasteiger partial charge in [-0.05, 0) is 25.1 Å². The Hall–Kier alpha value is -2.18. The molecule has 0 spiro atoms. The van der Waals surface area contributed by atoms with E-state index in [1.807, 2.05) is 0 Å². The Balaban J connectivity index is 2.76. The van der Waals surface area contributed by atoms with Crippen LogP contribution >= 0.6 is 0 Å². The van der Waals surface area contributed by atoms with Gasteiger partial charge < -0.3 is 5.11 Å². The van der Waals surface area contributed by atoms with E-state index in [4.69, 9.17) is 5.11 Å². The number of carboxylic acids is 1. The number of rotatable bonds is 1. The average Bonchev–Trinajstić information content (AvgIpc) is 2.25. The molecule has 4 nitrogen and oxygen atoms in total. The lowest BCUT2D eigenvalue weighted by atomic mass is 10.1. The van der Waals surface area contributed by atoms with Crippen molar-refractivity contribution in [3.8, 4) is 0 Å². The highest BCUT2D eigenvalue weighted by Gasteiger charge is 2.31. The molecule has 2 aromatic rings. The maximum absolute atomic E-state index is 12.5. The number of aromatic carboxylic acids is 1. The van der Waals surface area contributed by atoms with Crippen molar-refractivity contribution in [1.82, 2.24) is 9.97 Å². The van der Waals surface area contributed by atoms with Gasteiger partial charge in [0.15, 0.2) is 5.69 Å². The smallest absolute Gasteiger partial charge is 0.416 e. The topological polar surface area (TPSA) is 63.1 Å². The number of aryl methyl sites for hydroxylation is 1. The van der Waals surface area contributed by atoms with E-state index in [9.17, 15) is 18.0 Å². The van der Waals surface area contributed by atoms with Crippen molar-refractivity contribution in [2.75, 3.05) is 0 Å². The Morgan fingerprint density at radius 1 is 1.28 bits per heavy atom. The summed E-state index contributed by atoms with van der Waals surface area (Å²) in [6.45, 7) is 1.42. The standard InChI is InChI=1S/C11H7F3N2O2/c1-5-15-8-4-6(11(12,13)14)2-3-7(8)9(16-5)10(17)18/h2-4H,1H3,(H,17,18). The van der Waals surface area contributed by atoms with Gasteiger partial charge in [-0.2, -0.15) is 13.2 Å². The zero-order valence-electron chi connectivity index (χ0n) is 9.12. The van der Waals surface area contributed by atoms with Crippen molar-refractivity contribution in [3.63, 3.8) is 0 Å². The third-order valence-electron chi connectivity index (χ3n) is 2.34. The Bertz CT molecular complexity index is 638. The van der Waals surface area contributed by atoms with Crippen LogP contribution in [0.3, 0.4) is 0 Å². The molecule has 1 N–H and O–H groups in total. The van der Waals surface area contributed by atoms with E-state index in [0.717, 1.165) is 18.2 Å². The minimum atomic E-state index is -4.49. The second-order valence-electron chi connectivity index (χ2n) is 3.65. The molecule has 1 heterocycles. The molecule has 0 aliphatic heterocycles. The predicted molar refractivity (Wildman–Crippen MR) is 56.2 cm³/mol. The third kappa shape index (κ3) is 2.11. The monoisotopic (exact) mass is 256 g/mol. The van der Waals surface area contributed by atoms with Crippen molar-refractivity contribution < 1.29 is 23.1 Å². The van der Waals surface area contributed by atoms with Crippen molar-refractivity contribution >= 4 is 16.9 Å². The van der Waals surface area contributed by atoms with E-state index >= 15 is 0 Å². The number of benzene rings is 1. The summed E-state index contributed by atoms with van der Waals surface area (Å²) in [5, 5.41) is 9.01. The molecule has 0 saturated carbocycles. The molecule has 0 bridgehead atoms. The number of fused-ring (bicyclic) bond motifs is 1. The van der Waals surface area contributed by atoms with Gasteiger partial charge in [-0.15, -0.1) is 0 Å². The number of carboxylic acid groups (broad SMARTS) is 1. The van der Waals surface area contributed by atoms with E-state index in [0.29, 0.717) is 0 Å². The summed E-state index contributed by atoms with van der Waals surface area (Å²) < 4.78 is 37.5. The number of aromatic nitrogens is 2. The SMILES string of the molecule is Cc1nc(C(=O)O)c2ccc(C(F)(F)F)cc2n1. The number of alkyl halides is 3. The lowest BCUT2D eigenvalue weighted by Crippen LogP contribution is -2.08. The maximum Gasteiger partial charge on any atom is 0.416 e. The normalized spacial score (nSPS) is 11.8. The lowest BCUT2D eigenvalue weighted by molar-refractivity contribution is -0.137. The van der Waals surface area contributed by atoms with Crippen LogP contribution in [0.25, 0.3) is 10.9 Å². The quantitative estimate of drug-likeness (QED) is 0.851. The first-order valence-electron chi connectivity index (χ1n) is 4.88. The van der Waals surface area contributed by atoms with Crippen LogP contribution < -0.4 is 0 Å². The largest absolute Gasteiger partial charge is 0.476 e. The summed E-state index contributed by atoms with van der Waals surface area (Å²) in [6.07, 6.45) is -4.49. The van der Waals surface area contributed by atoms with Crippen molar-refractivity contribution in [3.05, 3.63) is 35.3 Å². The van der Waals surface area contributed by atoms with Gasteiger partial charge in [0.2, 0.25) is 0 Å². The number of halogens is 3. The fourth-order valence-corrected chi connectivity index (χ4v) is 1.59. The third-order valence-corrected chi connectivity index (χ3v) is 2.34. The number of hydrogen-bond donors (Lipinski definition) is 1. The summed E-state index contributed by atoms with van der Waals surface area (Å²) in [6, 6.07) is 2.70. The molecule has 0 fully saturated rings. The average molecular weight is 256 g/mol. The molecule has 94 valence electrons. The van der Waals surface area contributed by atoms with Crippen LogP contribution in [-0.4, -0.2) is 21.0 Å². The molecule has 1 aromatic carbocycles. The Morgan fingerprint density at radius 3 is 2.50 bits per heavy atom. The predicted octanol–water partition coefficient (Wildman–Crippen LogP) is 2.66. The molecule has 18 heavy (non-hydrogen) atoms. The van der Waals surface area contributed by atoms with E-state index < -0.39 is 17.7 Å². The number of carbonyl (C=O) groups is 1. The van der Waals surface area contributed by atoms with Gasteiger partial charge in [-0.1, -0.05) is 0 Å². The summed E-state index contributed by atoms with van der Waals surface area (Å²) in [7, 11) is 0. The molecule has 0 aliphatic rings. The van der Waals surface area contributed by atoms with Crippen LogP contribution in [0.5, 0.6) is 0 Å². The fourth-order valence-electron chi connectivity index (χ4n) is 1.59. The van der Waals surface area contributed by atoms with Crippen molar-refractivity contribution in [1.29, 1.82) is 0 Å². The van der Waals surface area contributed by atoms with E-state index in [1.54, 1.807) is 0 Å². The number of nitrogens with zero attached hydrogens (tertiary/aromatic N) is 2. The van der Waals surface area contributed by atoms with E-state index in [2.05, 4.69) is 9.97 Å². The molecule has 0 atom stereocenters. The van der Waals surface area contributed by atoms with Gasteiger partial charge in [-0.25, -0.2) is 14.8 Å². The highest BCUT2D eigenvalue weighted by molar-refractivity contribution is 6.00. The zero-order valence-corrected chi connectivity index (χ0v) is 9.12. The molecule has 7 heteroatoms. The lowest BCUT2D eigenvalue weighted by Gasteiger charge is -2.08. The van der Waals surface area contributed by atoms with Crippen LogP contribution in [0, 0.1) is 6.92 Å². The fraction of sp³-hybridized carbons (Fsp3) is 0.182. The van der Waals surface area contributed by atoms with E-state index in [1.165, 1.54) is 6.92 Å².